The Labute approximate surface area is 52.8 Å². The zero-order valence-corrected chi connectivity index (χ0v) is 4.66. The molecule has 0 radical (unpaired) electrons. The van der Waals surface area contributed by atoms with Gasteiger partial charge in [0, 0.05) is 0 Å². The number of nitrogens with zero attached hydrogens (tertiary/aromatic N) is 2. The van der Waals surface area contributed by atoms with E-state index in [1.54, 1.807) is 0 Å². The fourth-order valence-corrected chi connectivity index (χ4v) is 0.217. The van der Waals surface area contributed by atoms with Crippen molar-refractivity contribution in [2.75, 3.05) is 0 Å². The average molecular weight is 120 g/mol. The molecule has 44 valence electrons. The largest absolute Gasteiger partial charge is 0.300 e. The van der Waals surface area contributed by atoms with Crippen molar-refractivity contribution in [1.82, 2.24) is 0 Å². The van der Waals surface area contributed by atoms with Gasteiger partial charge in [-0.2, -0.15) is 10.5 Å². The summed E-state index contributed by atoms with van der Waals surface area (Å²) in [6.07, 6.45) is 1.28. The van der Waals surface area contributed by atoms with Crippen LogP contribution < -0.4 is 0 Å². The molecule has 3 nitrogen and oxygen atoms in total. The van der Waals surface area contributed by atoms with Gasteiger partial charge >= 0.3 is 0 Å². The number of nitriles is 2. The molecule has 0 unspecified atom stereocenters. The third-order valence-electron chi connectivity index (χ3n) is 0.878. The first kappa shape index (κ1) is 7.39. The summed E-state index contributed by atoms with van der Waals surface area (Å²) in [5, 5.41) is 16.4. The Hall–Kier alpha value is -1.61. The van der Waals surface area contributed by atoms with Crippen LogP contribution in [0.5, 0.6) is 0 Å². The first-order valence-corrected chi connectivity index (χ1v) is 2.17. The summed E-state index contributed by atoms with van der Waals surface area (Å²) in [5.41, 5.74) is -1.64. The van der Waals surface area contributed by atoms with Crippen molar-refractivity contribution in [3.8, 4) is 12.1 Å². The van der Waals surface area contributed by atoms with Crippen molar-refractivity contribution in [2.24, 2.45) is 5.41 Å². The normalized spacial score (nSPS) is 8.67. The molecule has 0 aliphatic rings. The van der Waals surface area contributed by atoms with Crippen LogP contribution in [0.25, 0.3) is 0 Å². The Morgan fingerprint density at radius 2 is 1.89 bits per heavy atom. The maximum absolute atomic E-state index is 10.0. The van der Waals surface area contributed by atoms with Gasteiger partial charge in [-0.05, 0) is 0 Å². The molecule has 0 fully saturated rings. The molecule has 0 aromatic rings. The third-order valence-corrected chi connectivity index (χ3v) is 0.878. The lowest BCUT2D eigenvalue weighted by Gasteiger charge is -1.98. The minimum absolute atomic E-state index is 0.264. The summed E-state index contributed by atoms with van der Waals surface area (Å²) >= 11 is 0. The molecule has 0 aromatic heterocycles. The Balaban J connectivity index is 4.68. The fraction of sp³-hybridized carbons (Fsp3) is 0.167. The number of aldehydes is 1. The van der Waals surface area contributed by atoms with E-state index >= 15 is 0 Å². The summed E-state index contributed by atoms with van der Waals surface area (Å²) in [7, 11) is 0. The standard InChI is InChI=1S/C6H4N2O/c1-2-6(3-7,4-8)5-9/h2,5H,1H2. The van der Waals surface area contributed by atoms with Gasteiger partial charge in [-0.3, -0.25) is 0 Å². The predicted octanol–water partition coefficient (Wildman–Crippen LogP) is 0.405. The molecule has 0 bridgehead atoms. The van der Waals surface area contributed by atoms with Crippen molar-refractivity contribution in [3.05, 3.63) is 12.7 Å². The smallest absolute Gasteiger partial charge is 0.216 e. The first-order valence-electron chi connectivity index (χ1n) is 2.17. The fourth-order valence-electron chi connectivity index (χ4n) is 0.217. The Kier molecular flexibility index (Phi) is 2.17. The van der Waals surface area contributed by atoms with E-state index in [9.17, 15) is 4.79 Å². The number of hydrogen-bond donors (Lipinski definition) is 0. The molecule has 0 spiro atoms. The van der Waals surface area contributed by atoms with E-state index in [0.717, 1.165) is 6.08 Å². The van der Waals surface area contributed by atoms with Gasteiger partial charge in [0.15, 0.2) is 6.29 Å². The van der Waals surface area contributed by atoms with Gasteiger partial charge in [0.2, 0.25) is 5.41 Å². The summed E-state index contributed by atoms with van der Waals surface area (Å²) in [6.45, 7) is 3.17. The van der Waals surface area contributed by atoms with E-state index in [1.165, 1.54) is 12.1 Å². The van der Waals surface area contributed by atoms with Gasteiger partial charge in [-0.25, -0.2) is 0 Å². The van der Waals surface area contributed by atoms with Crippen LogP contribution in [0.4, 0.5) is 0 Å². The summed E-state index contributed by atoms with van der Waals surface area (Å²) in [4.78, 5) is 10.0. The number of rotatable bonds is 2. The molecule has 0 rings (SSSR count). The van der Waals surface area contributed by atoms with Crippen LogP contribution in [0.3, 0.4) is 0 Å². The van der Waals surface area contributed by atoms with Gasteiger partial charge in [0.1, 0.15) is 0 Å². The second-order valence-corrected chi connectivity index (χ2v) is 1.41. The highest BCUT2D eigenvalue weighted by Crippen LogP contribution is 2.10. The summed E-state index contributed by atoms with van der Waals surface area (Å²) in [5.74, 6) is 0. The summed E-state index contributed by atoms with van der Waals surface area (Å²) < 4.78 is 0. The highest BCUT2D eigenvalue weighted by atomic mass is 16.1. The van der Waals surface area contributed by atoms with E-state index in [0.29, 0.717) is 0 Å². The average Bonchev–Trinajstić information content (AvgIpc) is 1.95. The molecule has 0 amide bonds. The van der Waals surface area contributed by atoms with Crippen LogP contribution in [-0.4, -0.2) is 6.29 Å². The number of hydrogen-bond acceptors (Lipinski definition) is 3. The highest BCUT2D eigenvalue weighted by molar-refractivity contribution is 5.71. The zero-order valence-electron chi connectivity index (χ0n) is 4.66. The Bertz CT molecular complexity index is 182. The van der Waals surface area contributed by atoms with Crippen LogP contribution >= 0.6 is 0 Å². The lowest BCUT2D eigenvalue weighted by Crippen LogP contribution is -2.12. The first-order chi connectivity index (χ1) is 4.24. The lowest BCUT2D eigenvalue weighted by atomic mass is 9.95. The molecule has 9 heavy (non-hydrogen) atoms. The van der Waals surface area contributed by atoms with Crippen LogP contribution in [0, 0.1) is 28.1 Å². The molecule has 0 aromatic carbocycles. The monoisotopic (exact) mass is 120 g/mol. The topological polar surface area (TPSA) is 64.7 Å². The molecule has 3 heteroatoms. The van der Waals surface area contributed by atoms with E-state index in [4.69, 9.17) is 10.5 Å². The second kappa shape index (κ2) is 2.64. The van der Waals surface area contributed by atoms with E-state index < -0.39 is 5.41 Å². The maximum atomic E-state index is 10.0. The highest BCUT2D eigenvalue weighted by Gasteiger charge is 2.24. The number of allylic oxidation sites excluding steroid dienone is 1. The van der Waals surface area contributed by atoms with E-state index in [2.05, 4.69) is 6.58 Å². The lowest BCUT2D eigenvalue weighted by molar-refractivity contribution is -0.110. The Morgan fingerprint density at radius 1 is 1.44 bits per heavy atom. The molecule has 0 atom stereocenters. The van der Waals surface area contributed by atoms with E-state index in [1.807, 2.05) is 0 Å². The second-order valence-electron chi connectivity index (χ2n) is 1.41. The summed E-state index contributed by atoms with van der Waals surface area (Å²) in [6, 6.07) is 3.03. The third kappa shape index (κ3) is 1.14. The molecular weight excluding hydrogens is 116 g/mol. The minimum atomic E-state index is -1.64. The molecule has 0 heterocycles. The van der Waals surface area contributed by atoms with Crippen LogP contribution in [0.1, 0.15) is 0 Å². The molecular formula is C6H4N2O. The Morgan fingerprint density at radius 3 is 1.89 bits per heavy atom. The molecule has 0 aliphatic carbocycles. The van der Waals surface area contributed by atoms with Crippen molar-refractivity contribution in [3.63, 3.8) is 0 Å². The van der Waals surface area contributed by atoms with Gasteiger partial charge in [-0.1, -0.05) is 6.08 Å². The van der Waals surface area contributed by atoms with Crippen molar-refractivity contribution in [1.29, 1.82) is 10.5 Å². The van der Waals surface area contributed by atoms with Crippen LogP contribution in [-0.2, 0) is 4.79 Å². The number of carbonyl (C=O) groups excluding carboxylic acids is 1. The molecule has 0 saturated carbocycles. The van der Waals surface area contributed by atoms with Crippen molar-refractivity contribution >= 4 is 6.29 Å². The van der Waals surface area contributed by atoms with Gasteiger partial charge in [0.25, 0.3) is 0 Å². The van der Waals surface area contributed by atoms with Crippen molar-refractivity contribution in [2.45, 2.75) is 0 Å². The van der Waals surface area contributed by atoms with Gasteiger partial charge < -0.3 is 4.79 Å². The van der Waals surface area contributed by atoms with Crippen molar-refractivity contribution < 1.29 is 4.79 Å². The van der Waals surface area contributed by atoms with Gasteiger partial charge in [0.05, 0.1) is 12.1 Å². The quantitative estimate of drug-likeness (QED) is 0.391. The zero-order chi connectivity index (χ0) is 7.33. The maximum Gasteiger partial charge on any atom is 0.216 e. The van der Waals surface area contributed by atoms with Gasteiger partial charge in [-0.15, -0.1) is 6.58 Å². The predicted molar refractivity (Wildman–Crippen MR) is 29.9 cm³/mol. The molecule has 0 aliphatic heterocycles. The molecule has 0 N–H and O–H groups in total. The minimum Gasteiger partial charge on any atom is -0.300 e. The number of carbonyl (C=O) groups is 1. The SMILES string of the molecule is C=CC(C#N)(C#N)C=O. The van der Waals surface area contributed by atoms with Crippen LogP contribution in [0.2, 0.25) is 0 Å². The molecule has 0 saturated heterocycles. The van der Waals surface area contributed by atoms with Crippen LogP contribution in [0.15, 0.2) is 12.7 Å². The van der Waals surface area contributed by atoms with E-state index in [-0.39, 0.29) is 6.29 Å².